The minimum atomic E-state index is -1.11. The largest absolute Gasteiger partial charge is 0.385 e. The summed E-state index contributed by atoms with van der Waals surface area (Å²) in [5.41, 5.74) is 0.995. The fourth-order valence-electron chi connectivity index (χ4n) is 2.03. The monoisotopic (exact) mass is 278 g/mol. The van der Waals surface area contributed by atoms with Crippen LogP contribution >= 0.6 is 11.6 Å². The quantitative estimate of drug-likeness (QED) is 0.890. The third kappa shape index (κ3) is 3.34. The van der Waals surface area contributed by atoms with Crippen LogP contribution in [0.25, 0.3) is 0 Å². The molecule has 100 valence electrons. The van der Waals surface area contributed by atoms with E-state index >= 15 is 0 Å². The third-order valence-electron chi connectivity index (χ3n) is 3.26. The van der Waals surface area contributed by atoms with Gasteiger partial charge >= 0.3 is 0 Å². The number of halogens is 2. The van der Waals surface area contributed by atoms with Crippen LogP contribution in [0.4, 0.5) is 4.39 Å². The molecule has 0 aliphatic rings. The lowest BCUT2D eigenvalue weighted by Crippen LogP contribution is -2.24. The lowest BCUT2D eigenvalue weighted by atomic mass is 9.88. The summed E-state index contributed by atoms with van der Waals surface area (Å²) < 4.78 is 13.6. The first-order valence-corrected chi connectivity index (χ1v) is 6.50. The van der Waals surface area contributed by atoms with Gasteiger partial charge < -0.3 is 5.11 Å². The Labute approximate surface area is 117 Å². The first-order chi connectivity index (χ1) is 8.88. The van der Waals surface area contributed by atoms with Crippen LogP contribution in [-0.2, 0) is 12.0 Å². The fourth-order valence-corrected chi connectivity index (χ4v) is 2.16. The lowest BCUT2D eigenvalue weighted by Gasteiger charge is -2.24. The van der Waals surface area contributed by atoms with E-state index in [-0.39, 0.29) is 5.82 Å². The van der Waals surface area contributed by atoms with Crippen LogP contribution in [0.2, 0.25) is 5.02 Å². The van der Waals surface area contributed by atoms with E-state index < -0.39 is 5.60 Å². The zero-order valence-corrected chi connectivity index (χ0v) is 11.7. The van der Waals surface area contributed by atoms with Gasteiger partial charge in [-0.05, 0) is 48.7 Å². The molecule has 2 rings (SSSR count). The van der Waals surface area contributed by atoms with Crippen LogP contribution < -0.4 is 0 Å². The molecule has 0 heterocycles. The second kappa shape index (κ2) is 5.32. The van der Waals surface area contributed by atoms with Crippen molar-refractivity contribution in [2.24, 2.45) is 0 Å². The molecule has 0 fully saturated rings. The van der Waals surface area contributed by atoms with E-state index in [1.165, 1.54) is 6.07 Å². The van der Waals surface area contributed by atoms with Crippen LogP contribution in [0.1, 0.15) is 23.6 Å². The van der Waals surface area contributed by atoms with E-state index in [4.69, 9.17) is 11.6 Å². The molecular formula is C16H16ClFO. The highest BCUT2D eigenvalue weighted by atomic mass is 35.5. The smallest absolute Gasteiger partial charge is 0.126 e. The summed E-state index contributed by atoms with van der Waals surface area (Å²) in [5, 5.41) is 11.2. The SMILES string of the molecule is Cc1ccc(C(C)(O)Cc2ccc(Cl)cc2)cc1F. The average molecular weight is 279 g/mol. The van der Waals surface area contributed by atoms with E-state index in [1.807, 2.05) is 12.1 Å². The molecule has 1 unspecified atom stereocenters. The molecule has 0 spiro atoms. The first-order valence-electron chi connectivity index (χ1n) is 6.12. The predicted octanol–water partition coefficient (Wildman–Crippen LogP) is 4.24. The van der Waals surface area contributed by atoms with Crippen LogP contribution in [-0.4, -0.2) is 5.11 Å². The summed E-state index contributed by atoms with van der Waals surface area (Å²) in [6.45, 7) is 3.39. The van der Waals surface area contributed by atoms with Crippen LogP contribution in [0.3, 0.4) is 0 Å². The van der Waals surface area contributed by atoms with E-state index in [2.05, 4.69) is 0 Å². The molecule has 0 saturated carbocycles. The summed E-state index contributed by atoms with van der Waals surface area (Å²) in [6.07, 6.45) is 0.409. The van der Waals surface area contributed by atoms with Crippen LogP contribution in [0, 0.1) is 12.7 Å². The van der Waals surface area contributed by atoms with Crippen molar-refractivity contribution in [3.05, 3.63) is 70.0 Å². The van der Waals surface area contributed by atoms with Crippen molar-refractivity contribution >= 4 is 11.6 Å². The van der Waals surface area contributed by atoms with E-state index in [1.54, 1.807) is 38.1 Å². The molecule has 2 aromatic carbocycles. The van der Waals surface area contributed by atoms with Crippen molar-refractivity contribution < 1.29 is 9.50 Å². The van der Waals surface area contributed by atoms with Crippen molar-refractivity contribution in [2.45, 2.75) is 25.9 Å². The van der Waals surface area contributed by atoms with Gasteiger partial charge in [-0.1, -0.05) is 35.9 Å². The molecule has 0 saturated heterocycles. The molecule has 0 aliphatic heterocycles. The topological polar surface area (TPSA) is 20.2 Å². The van der Waals surface area contributed by atoms with Gasteiger partial charge in [0.05, 0.1) is 5.60 Å². The second-order valence-electron chi connectivity index (χ2n) is 5.04. The molecule has 19 heavy (non-hydrogen) atoms. The van der Waals surface area contributed by atoms with Crippen molar-refractivity contribution in [3.8, 4) is 0 Å². The Morgan fingerprint density at radius 1 is 1.16 bits per heavy atom. The molecule has 3 heteroatoms. The van der Waals surface area contributed by atoms with Gasteiger partial charge in [-0.25, -0.2) is 4.39 Å². The Hall–Kier alpha value is -1.38. The van der Waals surface area contributed by atoms with Gasteiger partial charge in [0.1, 0.15) is 5.82 Å². The van der Waals surface area contributed by atoms with Gasteiger partial charge in [0.15, 0.2) is 0 Å². The third-order valence-corrected chi connectivity index (χ3v) is 3.51. The Morgan fingerprint density at radius 3 is 2.37 bits per heavy atom. The van der Waals surface area contributed by atoms with Gasteiger partial charge in [0.2, 0.25) is 0 Å². The standard InChI is InChI=1S/C16H16ClFO/c1-11-3-6-13(9-15(11)18)16(2,19)10-12-4-7-14(17)8-5-12/h3-9,19H,10H2,1-2H3. The molecule has 1 nitrogen and oxygen atoms in total. The van der Waals surface area contributed by atoms with Crippen LogP contribution in [0.15, 0.2) is 42.5 Å². The summed E-state index contributed by atoms with van der Waals surface area (Å²) in [4.78, 5) is 0. The van der Waals surface area contributed by atoms with Gasteiger partial charge in [-0.2, -0.15) is 0 Å². The number of aliphatic hydroxyl groups is 1. The molecule has 0 radical (unpaired) electrons. The predicted molar refractivity (Wildman–Crippen MR) is 75.9 cm³/mol. The highest BCUT2D eigenvalue weighted by Gasteiger charge is 2.24. The van der Waals surface area contributed by atoms with Gasteiger partial charge in [-0.15, -0.1) is 0 Å². The molecular weight excluding hydrogens is 263 g/mol. The Balaban J connectivity index is 2.26. The van der Waals surface area contributed by atoms with Crippen molar-refractivity contribution in [3.63, 3.8) is 0 Å². The first kappa shape index (κ1) is 14.0. The number of hydrogen-bond acceptors (Lipinski definition) is 1. The van der Waals surface area contributed by atoms with Gasteiger partial charge in [0, 0.05) is 11.4 Å². The molecule has 0 amide bonds. The summed E-state index contributed by atoms with van der Waals surface area (Å²) in [6, 6.07) is 12.1. The normalized spacial score (nSPS) is 14.2. The highest BCUT2D eigenvalue weighted by Crippen LogP contribution is 2.27. The zero-order valence-electron chi connectivity index (χ0n) is 11.0. The Kier molecular flexibility index (Phi) is 3.93. The van der Waals surface area contributed by atoms with E-state index in [0.29, 0.717) is 22.6 Å². The highest BCUT2D eigenvalue weighted by molar-refractivity contribution is 6.30. The molecule has 1 N–H and O–H groups in total. The van der Waals surface area contributed by atoms with E-state index in [0.717, 1.165) is 5.56 Å². The summed E-state index contributed by atoms with van der Waals surface area (Å²) in [5.74, 6) is -0.297. The maximum atomic E-state index is 13.6. The number of benzene rings is 2. The number of hydrogen-bond donors (Lipinski definition) is 1. The fraction of sp³-hybridized carbons (Fsp3) is 0.250. The van der Waals surface area contributed by atoms with Crippen molar-refractivity contribution in [1.29, 1.82) is 0 Å². The van der Waals surface area contributed by atoms with Crippen molar-refractivity contribution in [2.75, 3.05) is 0 Å². The molecule has 0 bridgehead atoms. The maximum Gasteiger partial charge on any atom is 0.126 e. The molecule has 1 atom stereocenters. The van der Waals surface area contributed by atoms with E-state index in [9.17, 15) is 9.50 Å². The maximum absolute atomic E-state index is 13.6. The Morgan fingerprint density at radius 2 is 1.79 bits per heavy atom. The van der Waals surface area contributed by atoms with Gasteiger partial charge in [0.25, 0.3) is 0 Å². The van der Waals surface area contributed by atoms with Crippen molar-refractivity contribution in [1.82, 2.24) is 0 Å². The summed E-state index contributed by atoms with van der Waals surface area (Å²) >= 11 is 5.83. The van der Waals surface area contributed by atoms with Gasteiger partial charge in [-0.3, -0.25) is 0 Å². The summed E-state index contributed by atoms with van der Waals surface area (Å²) in [7, 11) is 0. The zero-order chi connectivity index (χ0) is 14.0. The molecule has 0 aliphatic carbocycles. The average Bonchev–Trinajstić information content (AvgIpc) is 2.35. The van der Waals surface area contributed by atoms with Crippen LogP contribution in [0.5, 0.6) is 0 Å². The second-order valence-corrected chi connectivity index (χ2v) is 5.48. The number of aryl methyl sites for hydroxylation is 1. The molecule has 2 aromatic rings. The minimum absolute atomic E-state index is 0.297. The molecule has 0 aromatic heterocycles. The lowest BCUT2D eigenvalue weighted by molar-refractivity contribution is 0.0573. The number of rotatable bonds is 3. The minimum Gasteiger partial charge on any atom is -0.385 e. The Bertz CT molecular complexity index is 576.